The zero-order valence-electron chi connectivity index (χ0n) is 20.0. The number of Topliss-reactive ketones (excluding diaryl/α,β-unsaturated/α-hetero) is 1. The van der Waals surface area contributed by atoms with Gasteiger partial charge in [-0.3, -0.25) is 24.3 Å². The van der Waals surface area contributed by atoms with Crippen molar-refractivity contribution in [2.75, 3.05) is 24.7 Å². The number of aliphatic hydroxyl groups is 1. The van der Waals surface area contributed by atoms with E-state index >= 15 is 0 Å². The third-order valence-corrected chi connectivity index (χ3v) is 6.13. The van der Waals surface area contributed by atoms with Gasteiger partial charge in [0.05, 0.1) is 24.6 Å². The number of ether oxygens (including phenoxy) is 3. The topological polar surface area (TPSA) is 115 Å². The number of hydrogen-bond donors (Lipinski definition) is 1. The van der Waals surface area contributed by atoms with Gasteiger partial charge in [0.25, 0.3) is 11.7 Å². The molecule has 0 bridgehead atoms. The smallest absolute Gasteiger partial charge is 0.310 e. The van der Waals surface area contributed by atoms with Crippen LogP contribution in [0.5, 0.6) is 11.5 Å². The molecule has 0 spiro atoms. The minimum absolute atomic E-state index is 0.0646. The van der Waals surface area contributed by atoms with Crippen LogP contribution in [0.2, 0.25) is 0 Å². The number of fused-ring (bicyclic) bond motifs is 1. The van der Waals surface area contributed by atoms with Gasteiger partial charge in [0.15, 0.2) is 11.5 Å². The van der Waals surface area contributed by atoms with Gasteiger partial charge in [-0.2, -0.15) is 0 Å². The van der Waals surface area contributed by atoms with E-state index < -0.39 is 17.7 Å². The van der Waals surface area contributed by atoms with Gasteiger partial charge in [0.1, 0.15) is 19.0 Å². The van der Waals surface area contributed by atoms with Crippen LogP contribution < -0.4 is 14.4 Å². The fraction of sp³-hybridized carbons (Fsp3) is 0.214. The number of anilines is 1. The predicted molar refractivity (Wildman–Crippen MR) is 133 cm³/mol. The number of carbonyl (C=O) groups excluding carboxylic acids is 3. The fourth-order valence-corrected chi connectivity index (χ4v) is 4.45. The predicted octanol–water partition coefficient (Wildman–Crippen LogP) is 3.58. The van der Waals surface area contributed by atoms with Crippen LogP contribution in [-0.2, 0) is 25.5 Å². The van der Waals surface area contributed by atoms with Gasteiger partial charge in [-0.1, -0.05) is 18.2 Å². The summed E-state index contributed by atoms with van der Waals surface area (Å²) in [6.45, 7) is 2.81. The van der Waals surface area contributed by atoms with Crippen LogP contribution in [-0.4, -0.2) is 47.6 Å². The van der Waals surface area contributed by atoms with Crippen LogP contribution in [0.1, 0.15) is 29.7 Å². The zero-order chi connectivity index (χ0) is 25.9. The molecular weight excluding hydrogens is 476 g/mol. The number of aromatic nitrogens is 1. The molecule has 0 saturated carbocycles. The van der Waals surface area contributed by atoms with E-state index in [2.05, 4.69) is 4.98 Å². The molecule has 37 heavy (non-hydrogen) atoms. The minimum Gasteiger partial charge on any atom is -0.507 e. The van der Waals surface area contributed by atoms with Crippen molar-refractivity contribution < 1.29 is 33.7 Å². The SMILES string of the molecule is CCOC(=O)Cc1ccc(N2C(=O)C(=O)/C(=C(\O)c3ccc4c(c3)OCCO4)C2c2cccnc2)cc1. The van der Waals surface area contributed by atoms with Gasteiger partial charge in [0.2, 0.25) is 0 Å². The molecule has 1 unspecified atom stereocenters. The molecule has 2 aromatic carbocycles. The summed E-state index contributed by atoms with van der Waals surface area (Å²) in [4.78, 5) is 43.9. The molecule has 9 nitrogen and oxygen atoms in total. The van der Waals surface area contributed by atoms with Crippen molar-refractivity contribution in [1.29, 1.82) is 0 Å². The lowest BCUT2D eigenvalue weighted by Crippen LogP contribution is -2.29. The molecule has 2 aliphatic rings. The van der Waals surface area contributed by atoms with Gasteiger partial charge in [0, 0.05) is 23.6 Å². The quantitative estimate of drug-likeness (QED) is 0.236. The van der Waals surface area contributed by atoms with Gasteiger partial charge in [-0.25, -0.2) is 0 Å². The average Bonchev–Trinajstić information content (AvgIpc) is 3.19. The van der Waals surface area contributed by atoms with E-state index in [1.54, 1.807) is 73.9 Å². The summed E-state index contributed by atoms with van der Waals surface area (Å²) < 4.78 is 16.2. The summed E-state index contributed by atoms with van der Waals surface area (Å²) in [5, 5.41) is 11.3. The van der Waals surface area contributed by atoms with Crippen LogP contribution in [0, 0.1) is 0 Å². The maximum Gasteiger partial charge on any atom is 0.310 e. The number of hydrogen-bond acceptors (Lipinski definition) is 8. The minimum atomic E-state index is -0.919. The Balaban J connectivity index is 1.57. The highest BCUT2D eigenvalue weighted by molar-refractivity contribution is 6.51. The summed E-state index contributed by atoms with van der Waals surface area (Å²) in [5.41, 5.74) is 1.94. The van der Waals surface area contributed by atoms with Crippen molar-refractivity contribution in [2.24, 2.45) is 0 Å². The number of amides is 1. The average molecular weight is 501 g/mol. The molecule has 0 aliphatic carbocycles. The molecule has 188 valence electrons. The van der Waals surface area contributed by atoms with Crippen LogP contribution in [0.25, 0.3) is 5.76 Å². The second kappa shape index (κ2) is 10.1. The van der Waals surface area contributed by atoms with Crippen LogP contribution in [0.15, 0.2) is 72.6 Å². The van der Waals surface area contributed by atoms with Crippen molar-refractivity contribution in [3.63, 3.8) is 0 Å². The monoisotopic (exact) mass is 500 g/mol. The number of ketones is 1. The number of rotatable bonds is 6. The van der Waals surface area contributed by atoms with Crippen LogP contribution >= 0.6 is 0 Å². The van der Waals surface area contributed by atoms with Crippen molar-refractivity contribution in [2.45, 2.75) is 19.4 Å². The summed E-state index contributed by atoms with van der Waals surface area (Å²) in [7, 11) is 0. The lowest BCUT2D eigenvalue weighted by molar-refractivity contribution is -0.142. The van der Waals surface area contributed by atoms with E-state index in [1.807, 2.05) is 0 Å². The first-order valence-corrected chi connectivity index (χ1v) is 11.8. The molecule has 2 aliphatic heterocycles. The Bertz CT molecular complexity index is 1380. The molecule has 3 heterocycles. The van der Waals surface area contributed by atoms with E-state index in [1.165, 1.54) is 4.90 Å². The number of carbonyl (C=O) groups is 3. The van der Waals surface area contributed by atoms with Gasteiger partial charge >= 0.3 is 5.97 Å². The molecular formula is C28H24N2O7. The summed E-state index contributed by atoms with van der Waals surface area (Å²) in [5.74, 6) is -1.31. The van der Waals surface area contributed by atoms with Crippen molar-refractivity contribution in [3.05, 3.63) is 89.3 Å². The Morgan fingerprint density at radius 3 is 2.54 bits per heavy atom. The van der Waals surface area contributed by atoms with Crippen molar-refractivity contribution in [3.8, 4) is 11.5 Å². The maximum absolute atomic E-state index is 13.3. The highest BCUT2D eigenvalue weighted by Gasteiger charge is 2.47. The number of nitrogens with zero attached hydrogens (tertiary/aromatic N) is 2. The van der Waals surface area contributed by atoms with Crippen LogP contribution in [0.3, 0.4) is 0 Å². The molecule has 5 rings (SSSR count). The second-order valence-corrected chi connectivity index (χ2v) is 8.46. The summed E-state index contributed by atoms with van der Waals surface area (Å²) >= 11 is 0. The molecule has 1 saturated heterocycles. The van der Waals surface area contributed by atoms with Gasteiger partial charge < -0.3 is 19.3 Å². The highest BCUT2D eigenvalue weighted by atomic mass is 16.6. The Kier molecular flexibility index (Phi) is 6.59. The normalized spacial score (nSPS) is 18.1. The Morgan fingerprint density at radius 1 is 1.08 bits per heavy atom. The fourth-order valence-electron chi connectivity index (χ4n) is 4.45. The first kappa shape index (κ1) is 24.1. The third kappa shape index (κ3) is 4.63. The number of aliphatic hydroxyl groups excluding tert-OH is 1. The van der Waals surface area contributed by atoms with Gasteiger partial charge in [-0.05, 0) is 54.4 Å². The standard InChI is InChI=1S/C28H24N2O7/c1-2-35-23(31)14-17-5-8-20(9-6-17)30-25(19-4-3-11-29-16-19)24(27(33)28(30)34)26(32)18-7-10-21-22(15-18)37-13-12-36-21/h3-11,15-16,25,32H,2,12-14H2,1H3/b26-24-. The third-order valence-electron chi connectivity index (χ3n) is 6.13. The first-order valence-electron chi connectivity index (χ1n) is 11.8. The molecule has 1 amide bonds. The van der Waals surface area contributed by atoms with Crippen molar-refractivity contribution >= 4 is 29.1 Å². The number of esters is 1. The lowest BCUT2D eigenvalue weighted by atomic mass is 9.96. The summed E-state index contributed by atoms with van der Waals surface area (Å²) in [6, 6.07) is 14.1. The van der Waals surface area contributed by atoms with E-state index in [0.717, 1.165) is 0 Å². The highest BCUT2D eigenvalue weighted by Crippen LogP contribution is 2.43. The molecule has 3 aromatic rings. The molecule has 1 atom stereocenters. The lowest BCUT2D eigenvalue weighted by Gasteiger charge is -2.25. The molecule has 0 radical (unpaired) electrons. The Labute approximate surface area is 212 Å². The van der Waals surface area contributed by atoms with E-state index in [-0.39, 0.29) is 30.3 Å². The number of benzene rings is 2. The van der Waals surface area contributed by atoms with Crippen LogP contribution in [0.4, 0.5) is 5.69 Å². The van der Waals surface area contributed by atoms with Crippen molar-refractivity contribution in [1.82, 2.24) is 4.98 Å². The molecule has 1 fully saturated rings. The first-order chi connectivity index (χ1) is 18.0. The maximum atomic E-state index is 13.3. The van der Waals surface area contributed by atoms with E-state index in [9.17, 15) is 19.5 Å². The van der Waals surface area contributed by atoms with E-state index in [0.29, 0.717) is 47.1 Å². The molecule has 9 heteroatoms. The van der Waals surface area contributed by atoms with E-state index in [4.69, 9.17) is 14.2 Å². The Hall–Kier alpha value is -4.66. The van der Waals surface area contributed by atoms with Gasteiger partial charge in [-0.15, -0.1) is 0 Å². The summed E-state index contributed by atoms with van der Waals surface area (Å²) in [6.07, 6.45) is 3.22. The zero-order valence-corrected chi connectivity index (χ0v) is 20.0. The Morgan fingerprint density at radius 2 is 1.84 bits per heavy atom. The molecule has 1 N–H and O–H groups in total. The number of pyridine rings is 1. The second-order valence-electron chi connectivity index (χ2n) is 8.46. The largest absolute Gasteiger partial charge is 0.507 e. The molecule has 1 aromatic heterocycles.